The fraction of sp³-hybridized carbons (Fsp3) is 0.917. The van der Waals surface area contributed by atoms with Crippen molar-refractivity contribution in [2.45, 2.75) is 18.9 Å². The summed E-state index contributed by atoms with van der Waals surface area (Å²) < 4.78 is 10.2. The van der Waals surface area contributed by atoms with Crippen LogP contribution in [-0.4, -0.2) is 70.0 Å². The second kappa shape index (κ2) is 9.27. The summed E-state index contributed by atoms with van der Waals surface area (Å²) in [5, 5.41) is 2.87. The number of nitrogens with zero attached hydrogens (tertiary/aromatic N) is 1. The van der Waals surface area contributed by atoms with Gasteiger partial charge in [-0.1, -0.05) is 0 Å². The van der Waals surface area contributed by atoms with Crippen LogP contribution in [0.5, 0.6) is 0 Å². The third-order valence-corrected chi connectivity index (χ3v) is 3.03. The molecule has 1 atom stereocenters. The van der Waals surface area contributed by atoms with E-state index in [0.717, 1.165) is 39.3 Å². The first kappa shape index (κ1) is 15.4. The Labute approximate surface area is 109 Å². The van der Waals surface area contributed by atoms with E-state index in [1.54, 1.807) is 7.11 Å². The van der Waals surface area contributed by atoms with Gasteiger partial charge in [-0.15, -0.1) is 0 Å². The second-order valence-corrected chi connectivity index (χ2v) is 4.49. The van der Waals surface area contributed by atoms with Crippen LogP contribution in [-0.2, 0) is 14.3 Å². The van der Waals surface area contributed by atoms with E-state index in [1.165, 1.54) is 0 Å². The third kappa shape index (κ3) is 6.30. The van der Waals surface area contributed by atoms with Crippen LogP contribution in [0.1, 0.15) is 12.8 Å². The molecule has 3 N–H and O–H groups in total. The first-order valence-electron chi connectivity index (χ1n) is 6.56. The van der Waals surface area contributed by atoms with Gasteiger partial charge in [0.25, 0.3) is 0 Å². The number of nitrogens with two attached hydrogens (primary N) is 1. The van der Waals surface area contributed by atoms with Crippen molar-refractivity contribution in [3.05, 3.63) is 0 Å². The highest BCUT2D eigenvalue weighted by atomic mass is 16.5. The molecule has 0 aromatic heterocycles. The van der Waals surface area contributed by atoms with Crippen molar-refractivity contribution < 1.29 is 14.3 Å². The van der Waals surface area contributed by atoms with Crippen LogP contribution in [0.2, 0.25) is 0 Å². The summed E-state index contributed by atoms with van der Waals surface area (Å²) in [6.07, 6.45) is 1.48. The molecular formula is C12H25N3O3. The van der Waals surface area contributed by atoms with Crippen molar-refractivity contribution >= 4 is 5.91 Å². The Morgan fingerprint density at radius 1 is 1.50 bits per heavy atom. The molecule has 0 saturated carbocycles. The van der Waals surface area contributed by atoms with Crippen LogP contribution in [0.15, 0.2) is 0 Å². The third-order valence-electron chi connectivity index (χ3n) is 3.03. The number of nitrogens with one attached hydrogen (secondary N) is 1. The molecule has 0 bridgehead atoms. The van der Waals surface area contributed by atoms with Gasteiger partial charge in [-0.25, -0.2) is 0 Å². The number of morpholine rings is 1. The summed E-state index contributed by atoms with van der Waals surface area (Å²) in [5.41, 5.74) is 5.78. The maximum Gasteiger partial charge on any atom is 0.236 e. The minimum Gasteiger partial charge on any atom is -0.385 e. The molecule has 0 radical (unpaired) electrons. The Morgan fingerprint density at radius 3 is 2.89 bits per heavy atom. The number of carbonyl (C=O) groups is 1. The molecule has 6 nitrogen and oxygen atoms in total. The second-order valence-electron chi connectivity index (χ2n) is 4.49. The molecule has 0 spiro atoms. The minimum atomic E-state index is -0.426. The van der Waals surface area contributed by atoms with E-state index in [-0.39, 0.29) is 5.91 Å². The lowest BCUT2D eigenvalue weighted by molar-refractivity contribution is -0.122. The van der Waals surface area contributed by atoms with E-state index >= 15 is 0 Å². The molecule has 6 heteroatoms. The Hall–Kier alpha value is -0.690. The average Bonchev–Trinajstić information content (AvgIpc) is 2.40. The van der Waals surface area contributed by atoms with Gasteiger partial charge in [-0.05, 0) is 12.8 Å². The maximum absolute atomic E-state index is 11.7. The van der Waals surface area contributed by atoms with Crippen LogP contribution >= 0.6 is 0 Å². The number of methoxy groups -OCH3 is 1. The molecule has 1 rings (SSSR count). The molecular weight excluding hydrogens is 234 g/mol. The highest BCUT2D eigenvalue weighted by molar-refractivity contribution is 5.81. The predicted molar refractivity (Wildman–Crippen MR) is 69.4 cm³/mol. The molecule has 1 amide bonds. The Morgan fingerprint density at radius 2 is 2.22 bits per heavy atom. The zero-order valence-electron chi connectivity index (χ0n) is 11.2. The Bertz CT molecular complexity index is 233. The zero-order chi connectivity index (χ0) is 13.2. The maximum atomic E-state index is 11.7. The smallest absolute Gasteiger partial charge is 0.236 e. The van der Waals surface area contributed by atoms with Gasteiger partial charge in [0.1, 0.15) is 0 Å². The van der Waals surface area contributed by atoms with E-state index in [9.17, 15) is 4.79 Å². The van der Waals surface area contributed by atoms with Crippen molar-refractivity contribution in [2.24, 2.45) is 5.73 Å². The van der Waals surface area contributed by atoms with Crippen molar-refractivity contribution in [3.8, 4) is 0 Å². The number of hydrogen-bond donors (Lipinski definition) is 2. The number of ether oxygens (including phenoxy) is 2. The molecule has 1 saturated heterocycles. The predicted octanol–water partition coefficient (Wildman–Crippen LogP) is -0.811. The lowest BCUT2D eigenvalue weighted by atomic mass is 10.1. The number of amides is 1. The molecule has 18 heavy (non-hydrogen) atoms. The highest BCUT2D eigenvalue weighted by Gasteiger charge is 2.14. The molecule has 0 aliphatic carbocycles. The quantitative estimate of drug-likeness (QED) is 0.558. The van der Waals surface area contributed by atoms with E-state index in [2.05, 4.69) is 10.2 Å². The largest absolute Gasteiger partial charge is 0.385 e. The van der Waals surface area contributed by atoms with Crippen molar-refractivity contribution in [1.29, 1.82) is 0 Å². The average molecular weight is 259 g/mol. The van der Waals surface area contributed by atoms with Crippen molar-refractivity contribution in [3.63, 3.8) is 0 Å². The normalized spacial score (nSPS) is 18.6. The van der Waals surface area contributed by atoms with Gasteiger partial charge >= 0.3 is 0 Å². The fourth-order valence-electron chi connectivity index (χ4n) is 1.87. The molecule has 0 aromatic rings. The fourth-order valence-corrected chi connectivity index (χ4v) is 1.87. The summed E-state index contributed by atoms with van der Waals surface area (Å²) in [5.74, 6) is -0.0700. The topological polar surface area (TPSA) is 76.8 Å². The molecule has 1 heterocycles. The number of hydrogen-bond acceptors (Lipinski definition) is 5. The van der Waals surface area contributed by atoms with E-state index in [0.29, 0.717) is 19.6 Å². The van der Waals surface area contributed by atoms with Gasteiger partial charge in [0.15, 0.2) is 0 Å². The standard InChI is InChI=1S/C12H25N3O3/c1-17-8-2-3-11(13)12(16)14-4-5-15-6-9-18-10-7-15/h11H,2-10,13H2,1H3,(H,14,16). The molecule has 1 unspecified atom stereocenters. The highest BCUT2D eigenvalue weighted by Crippen LogP contribution is 1.96. The Balaban J connectivity index is 2.04. The molecule has 1 fully saturated rings. The van der Waals surface area contributed by atoms with Gasteiger partial charge in [0.05, 0.1) is 19.3 Å². The minimum absolute atomic E-state index is 0.0700. The zero-order valence-corrected chi connectivity index (χ0v) is 11.2. The Kier molecular flexibility index (Phi) is 7.91. The van der Waals surface area contributed by atoms with E-state index in [1.807, 2.05) is 0 Å². The van der Waals surface area contributed by atoms with Crippen LogP contribution in [0.4, 0.5) is 0 Å². The van der Waals surface area contributed by atoms with E-state index in [4.69, 9.17) is 15.2 Å². The summed E-state index contributed by atoms with van der Waals surface area (Å²) in [6, 6.07) is -0.426. The van der Waals surface area contributed by atoms with Gasteiger partial charge in [-0.3, -0.25) is 9.69 Å². The first-order valence-corrected chi connectivity index (χ1v) is 6.56. The van der Waals surface area contributed by atoms with Crippen LogP contribution in [0, 0.1) is 0 Å². The van der Waals surface area contributed by atoms with Crippen molar-refractivity contribution in [1.82, 2.24) is 10.2 Å². The van der Waals surface area contributed by atoms with Crippen LogP contribution in [0.25, 0.3) is 0 Å². The summed E-state index contributed by atoms with van der Waals surface area (Å²) in [6.45, 7) is 5.60. The van der Waals surface area contributed by atoms with Gasteiger partial charge < -0.3 is 20.5 Å². The molecule has 0 aromatic carbocycles. The molecule has 106 valence electrons. The van der Waals surface area contributed by atoms with Crippen LogP contribution < -0.4 is 11.1 Å². The van der Waals surface area contributed by atoms with Gasteiger partial charge in [0, 0.05) is 39.9 Å². The van der Waals surface area contributed by atoms with Gasteiger partial charge in [0.2, 0.25) is 5.91 Å². The van der Waals surface area contributed by atoms with E-state index < -0.39 is 6.04 Å². The van der Waals surface area contributed by atoms with Crippen LogP contribution in [0.3, 0.4) is 0 Å². The summed E-state index contributed by atoms with van der Waals surface area (Å²) >= 11 is 0. The SMILES string of the molecule is COCCCC(N)C(=O)NCCN1CCOCC1. The molecule has 1 aliphatic rings. The lowest BCUT2D eigenvalue weighted by Crippen LogP contribution is -2.45. The lowest BCUT2D eigenvalue weighted by Gasteiger charge is -2.26. The molecule has 1 aliphatic heterocycles. The summed E-state index contributed by atoms with van der Waals surface area (Å²) in [7, 11) is 1.65. The van der Waals surface area contributed by atoms with Gasteiger partial charge in [-0.2, -0.15) is 0 Å². The summed E-state index contributed by atoms with van der Waals surface area (Å²) in [4.78, 5) is 13.9. The number of carbonyl (C=O) groups excluding carboxylic acids is 1. The number of rotatable bonds is 8. The first-order chi connectivity index (χ1) is 8.74. The van der Waals surface area contributed by atoms with Crippen molar-refractivity contribution in [2.75, 3.05) is 53.1 Å². The monoisotopic (exact) mass is 259 g/mol.